The molecule has 0 N–H and O–H groups in total. The van der Waals surface area contributed by atoms with Crippen LogP contribution in [0.2, 0.25) is 0 Å². The van der Waals surface area contributed by atoms with Crippen molar-refractivity contribution in [1.82, 2.24) is 0 Å². The SMILES string of the molecule is COC(=O)c1cc(Oc2ccc(C)cc2)c(C=O)c(C(=O)OC)c1. The number of aldehydes is 1. The van der Waals surface area contributed by atoms with Crippen LogP contribution in [0.3, 0.4) is 0 Å². The number of aryl methyl sites for hydroxylation is 1. The fourth-order valence-electron chi connectivity index (χ4n) is 2.08. The van der Waals surface area contributed by atoms with E-state index >= 15 is 0 Å². The molecule has 2 aromatic carbocycles. The first-order valence-corrected chi connectivity index (χ1v) is 7.04. The Labute approximate surface area is 139 Å². The molecule has 0 fully saturated rings. The van der Waals surface area contributed by atoms with Crippen LogP contribution in [0.1, 0.15) is 36.6 Å². The maximum Gasteiger partial charge on any atom is 0.338 e. The Balaban J connectivity index is 2.58. The van der Waals surface area contributed by atoms with E-state index in [0.29, 0.717) is 12.0 Å². The zero-order valence-corrected chi connectivity index (χ0v) is 13.5. The van der Waals surface area contributed by atoms with Crippen LogP contribution >= 0.6 is 0 Å². The molecule has 0 aliphatic heterocycles. The zero-order chi connectivity index (χ0) is 17.7. The minimum atomic E-state index is -0.753. The van der Waals surface area contributed by atoms with Crippen LogP contribution in [0.4, 0.5) is 0 Å². The van der Waals surface area contributed by atoms with Gasteiger partial charge in [0.25, 0.3) is 0 Å². The summed E-state index contributed by atoms with van der Waals surface area (Å²) >= 11 is 0. The predicted octanol–water partition coefficient (Wildman–Crippen LogP) is 3.17. The minimum Gasteiger partial charge on any atom is -0.465 e. The van der Waals surface area contributed by atoms with E-state index in [1.165, 1.54) is 26.4 Å². The summed E-state index contributed by atoms with van der Waals surface area (Å²) in [5, 5.41) is 0. The highest BCUT2D eigenvalue weighted by Crippen LogP contribution is 2.29. The summed E-state index contributed by atoms with van der Waals surface area (Å²) in [6.07, 6.45) is 0.483. The Morgan fingerprint density at radius 2 is 1.58 bits per heavy atom. The second-order valence-electron chi connectivity index (χ2n) is 4.95. The Bertz CT molecular complexity index is 777. The summed E-state index contributed by atoms with van der Waals surface area (Å²) in [4.78, 5) is 35.2. The zero-order valence-electron chi connectivity index (χ0n) is 13.5. The highest BCUT2D eigenvalue weighted by atomic mass is 16.5. The van der Waals surface area contributed by atoms with Crippen LogP contribution in [-0.4, -0.2) is 32.4 Å². The number of hydrogen-bond acceptors (Lipinski definition) is 6. The third kappa shape index (κ3) is 3.60. The Kier molecular flexibility index (Phi) is 5.31. The quantitative estimate of drug-likeness (QED) is 0.619. The second-order valence-corrected chi connectivity index (χ2v) is 4.95. The van der Waals surface area contributed by atoms with Gasteiger partial charge in [-0.15, -0.1) is 0 Å². The summed E-state index contributed by atoms with van der Waals surface area (Å²) in [5.41, 5.74) is 1.04. The maximum atomic E-state index is 11.9. The van der Waals surface area contributed by atoms with Crippen LogP contribution in [-0.2, 0) is 9.47 Å². The molecule has 0 aliphatic carbocycles. The van der Waals surface area contributed by atoms with Crippen molar-refractivity contribution in [3.63, 3.8) is 0 Å². The molecule has 0 unspecified atom stereocenters. The third-order valence-corrected chi connectivity index (χ3v) is 3.34. The van der Waals surface area contributed by atoms with Crippen molar-refractivity contribution < 1.29 is 28.6 Å². The molecule has 2 aromatic rings. The average Bonchev–Trinajstić information content (AvgIpc) is 2.61. The van der Waals surface area contributed by atoms with Gasteiger partial charge >= 0.3 is 11.9 Å². The molecule has 0 bridgehead atoms. The second kappa shape index (κ2) is 7.41. The maximum absolute atomic E-state index is 11.9. The number of carbonyl (C=O) groups excluding carboxylic acids is 3. The Morgan fingerprint density at radius 3 is 2.12 bits per heavy atom. The van der Waals surface area contributed by atoms with Crippen LogP contribution in [0.5, 0.6) is 11.5 Å². The van der Waals surface area contributed by atoms with Gasteiger partial charge in [-0.2, -0.15) is 0 Å². The van der Waals surface area contributed by atoms with Crippen molar-refractivity contribution in [1.29, 1.82) is 0 Å². The number of esters is 2. The van der Waals surface area contributed by atoms with Gasteiger partial charge in [-0.3, -0.25) is 4.79 Å². The molecule has 0 spiro atoms. The molecule has 0 saturated heterocycles. The summed E-state index contributed by atoms with van der Waals surface area (Å²) in [6, 6.07) is 9.69. The highest BCUT2D eigenvalue weighted by molar-refractivity contribution is 6.03. The van der Waals surface area contributed by atoms with Crippen molar-refractivity contribution in [2.75, 3.05) is 14.2 Å². The molecule has 0 amide bonds. The van der Waals surface area contributed by atoms with E-state index in [1.54, 1.807) is 12.1 Å². The largest absolute Gasteiger partial charge is 0.465 e. The first-order chi connectivity index (χ1) is 11.5. The lowest BCUT2D eigenvalue weighted by Crippen LogP contribution is -2.11. The molecule has 6 heteroatoms. The van der Waals surface area contributed by atoms with E-state index in [2.05, 4.69) is 9.47 Å². The van der Waals surface area contributed by atoms with E-state index in [9.17, 15) is 14.4 Å². The molecule has 0 heterocycles. The van der Waals surface area contributed by atoms with Gasteiger partial charge in [0.1, 0.15) is 11.5 Å². The van der Waals surface area contributed by atoms with Gasteiger partial charge in [-0.25, -0.2) is 9.59 Å². The Morgan fingerprint density at radius 1 is 0.958 bits per heavy atom. The summed E-state index contributed by atoms with van der Waals surface area (Å²) in [5.74, 6) is -0.887. The lowest BCUT2D eigenvalue weighted by atomic mass is 10.0. The van der Waals surface area contributed by atoms with Gasteiger partial charge in [0.2, 0.25) is 0 Å². The fourth-order valence-corrected chi connectivity index (χ4v) is 2.08. The number of ether oxygens (including phenoxy) is 3. The highest BCUT2D eigenvalue weighted by Gasteiger charge is 2.21. The fraction of sp³-hybridized carbons (Fsp3) is 0.167. The van der Waals surface area contributed by atoms with Gasteiger partial charge in [0.05, 0.1) is 30.9 Å². The number of carbonyl (C=O) groups is 3. The molecule has 0 atom stereocenters. The third-order valence-electron chi connectivity index (χ3n) is 3.34. The molecule has 0 aromatic heterocycles. The van der Waals surface area contributed by atoms with Crippen molar-refractivity contribution in [3.05, 3.63) is 58.7 Å². The van der Waals surface area contributed by atoms with Crippen LogP contribution in [0.25, 0.3) is 0 Å². The molecular weight excluding hydrogens is 312 g/mol. The topological polar surface area (TPSA) is 78.9 Å². The first-order valence-electron chi connectivity index (χ1n) is 7.04. The summed E-state index contributed by atoms with van der Waals surface area (Å²) in [7, 11) is 2.40. The monoisotopic (exact) mass is 328 g/mol. The lowest BCUT2D eigenvalue weighted by Gasteiger charge is -2.13. The van der Waals surface area contributed by atoms with Crippen molar-refractivity contribution >= 4 is 18.2 Å². The lowest BCUT2D eigenvalue weighted by molar-refractivity contribution is 0.0596. The van der Waals surface area contributed by atoms with Gasteiger partial charge < -0.3 is 14.2 Å². The standard InChI is InChI=1S/C18H16O6/c1-11-4-6-13(7-5-11)24-16-9-12(17(20)22-2)8-14(15(16)10-19)18(21)23-3/h4-10H,1-3H3. The number of benzene rings is 2. The molecule has 0 saturated carbocycles. The predicted molar refractivity (Wildman–Crippen MR) is 85.8 cm³/mol. The van der Waals surface area contributed by atoms with Gasteiger partial charge in [0.15, 0.2) is 6.29 Å². The molecule has 0 radical (unpaired) electrons. The van der Waals surface area contributed by atoms with Crippen LogP contribution in [0.15, 0.2) is 36.4 Å². The average molecular weight is 328 g/mol. The van der Waals surface area contributed by atoms with Gasteiger partial charge in [-0.05, 0) is 31.2 Å². The van der Waals surface area contributed by atoms with Crippen LogP contribution in [0, 0.1) is 6.92 Å². The molecule has 24 heavy (non-hydrogen) atoms. The molecular formula is C18H16O6. The number of methoxy groups -OCH3 is 2. The molecule has 0 aliphatic rings. The van der Waals surface area contributed by atoms with E-state index in [0.717, 1.165) is 5.56 Å². The smallest absolute Gasteiger partial charge is 0.338 e. The normalized spacial score (nSPS) is 9.96. The molecule has 124 valence electrons. The van der Waals surface area contributed by atoms with E-state index in [1.807, 2.05) is 19.1 Å². The molecule has 6 nitrogen and oxygen atoms in total. The van der Waals surface area contributed by atoms with Gasteiger partial charge in [0, 0.05) is 0 Å². The number of hydrogen-bond donors (Lipinski definition) is 0. The van der Waals surface area contributed by atoms with E-state index in [4.69, 9.17) is 4.74 Å². The summed E-state index contributed by atoms with van der Waals surface area (Å²) in [6.45, 7) is 1.92. The van der Waals surface area contributed by atoms with E-state index < -0.39 is 11.9 Å². The summed E-state index contributed by atoms with van der Waals surface area (Å²) < 4.78 is 15.0. The van der Waals surface area contributed by atoms with Crippen molar-refractivity contribution in [3.8, 4) is 11.5 Å². The minimum absolute atomic E-state index is 0.00456. The Hall–Kier alpha value is -3.15. The number of rotatable bonds is 5. The first kappa shape index (κ1) is 17.2. The molecule has 2 rings (SSSR count). The van der Waals surface area contributed by atoms with Crippen molar-refractivity contribution in [2.45, 2.75) is 6.92 Å². The van der Waals surface area contributed by atoms with Crippen LogP contribution < -0.4 is 4.74 Å². The van der Waals surface area contributed by atoms with Crippen molar-refractivity contribution in [2.24, 2.45) is 0 Å². The van der Waals surface area contributed by atoms with E-state index in [-0.39, 0.29) is 22.4 Å². The van der Waals surface area contributed by atoms with Gasteiger partial charge in [-0.1, -0.05) is 17.7 Å².